The lowest BCUT2D eigenvalue weighted by atomic mass is 9.84. The van der Waals surface area contributed by atoms with Crippen molar-refractivity contribution >= 4 is 28.5 Å². The molecule has 1 aliphatic heterocycles. The van der Waals surface area contributed by atoms with Crippen LogP contribution < -0.4 is 10.6 Å². The van der Waals surface area contributed by atoms with Crippen LogP contribution in [0.5, 0.6) is 0 Å². The number of nitrogens with zero attached hydrogens (tertiary/aromatic N) is 4. The summed E-state index contributed by atoms with van der Waals surface area (Å²) < 4.78 is 1.86. The molecule has 2 N–H and O–H groups in total. The van der Waals surface area contributed by atoms with Crippen LogP contribution in [0.15, 0.2) is 12.4 Å². The summed E-state index contributed by atoms with van der Waals surface area (Å²) in [6.07, 6.45) is 12.2. The van der Waals surface area contributed by atoms with Gasteiger partial charge in [0.2, 0.25) is 5.91 Å². The smallest absolute Gasteiger partial charge is 0.254 e. The van der Waals surface area contributed by atoms with Gasteiger partial charge in [0, 0.05) is 44.8 Å². The van der Waals surface area contributed by atoms with Crippen LogP contribution >= 0.6 is 0 Å². The Morgan fingerprint density at radius 1 is 1.22 bits per heavy atom. The van der Waals surface area contributed by atoms with Crippen molar-refractivity contribution in [2.24, 2.45) is 5.92 Å². The van der Waals surface area contributed by atoms with E-state index in [1.807, 2.05) is 22.7 Å². The van der Waals surface area contributed by atoms with Gasteiger partial charge in [-0.1, -0.05) is 19.3 Å². The molecular formula is C24H36N6O2. The molecule has 1 saturated heterocycles. The molecule has 2 aromatic rings. The predicted octanol–water partition coefficient (Wildman–Crippen LogP) is 3.57. The normalized spacial score (nSPS) is 18.3. The number of carbonyl (C=O) groups excluding carboxylic acids is 2. The van der Waals surface area contributed by atoms with E-state index in [4.69, 9.17) is 0 Å². The molecule has 2 amide bonds. The molecule has 1 atom stereocenters. The minimum Gasteiger partial charge on any atom is -0.381 e. The summed E-state index contributed by atoms with van der Waals surface area (Å²) in [7, 11) is 0. The molecule has 2 aromatic heterocycles. The Hall–Kier alpha value is -2.64. The highest BCUT2D eigenvalue weighted by Gasteiger charge is 2.24. The van der Waals surface area contributed by atoms with E-state index in [9.17, 15) is 9.59 Å². The Balaban J connectivity index is 1.48. The van der Waals surface area contributed by atoms with Crippen molar-refractivity contribution in [3.8, 4) is 0 Å². The number of aromatic nitrogens is 3. The lowest BCUT2D eigenvalue weighted by Gasteiger charge is -2.29. The Labute approximate surface area is 190 Å². The van der Waals surface area contributed by atoms with Gasteiger partial charge in [0.05, 0.1) is 22.8 Å². The maximum atomic E-state index is 13.1. The standard InChI is InChI=1S/C24H36N6O2/c1-3-30-23-19(16-27-30)22(28-17(2)18-9-5-4-6-10-18)20(15-26-23)24(32)25-12-8-14-29-13-7-11-21(29)31/h15-18H,3-14H2,1-2H3,(H,25,32)(H,26,28)/t17-/m1/s1. The SMILES string of the molecule is CCn1ncc2c(N[C@H](C)C3CCCCC3)c(C(=O)NCCCN3CCCC3=O)cnc21. The molecule has 32 heavy (non-hydrogen) atoms. The van der Waals surface area contributed by atoms with Crippen LogP contribution in [-0.4, -0.2) is 57.2 Å². The Bertz CT molecular complexity index is 949. The third-order valence-corrected chi connectivity index (χ3v) is 7.00. The van der Waals surface area contributed by atoms with Crippen LogP contribution in [0.3, 0.4) is 0 Å². The van der Waals surface area contributed by atoms with Crippen LogP contribution in [0, 0.1) is 5.92 Å². The highest BCUT2D eigenvalue weighted by Crippen LogP contribution is 2.32. The summed E-state index contributed by atoms with van der Waals surface area (Å²) in [4.78, 5) is 31.3. The zero-order valence-corrected chi connectivity index (χ0v) is 19.4. The molecule has 4 rings (SSSR count). The number of carbonyl (C=O) groups is 2. The maximum Gasteiger partial charge on any atom is 0.254 e. The second-order valence-electron chi connectivity index (χ2n) is 9.17. The number of amides is 2. The van der Waals surface area contributed by atoms with E-state index in [0.717, 1.165) is 42.7 Å². The Morgan fingerprint density at radius 3 is 2.75 bits per heavy atom. The summed E-state index contributed by atoms with van der Waals surface area (Å²) in [6, 6.07) is 0.276. The van der Waals surface area contributed by atoms with E-state index < -0.39 is 0 Å². The zero-order valence-electron chi connectivity index (χ0n) is 19.4. The first-order valence-electron chi connectivity index (χ1n) is 12.3. The summed E-state index contributed by atoms with van der Waals surface area (Å²) in [5.74, 6) is 0.707. The molecule has 0 spiro atoms. The van der Waals surface area contributed by atoms with Crippen molar-refractivity contribution < 1.29 is 9.59 Å². The molecular weight excluding hydrogens is 404 g/mol. The molecule has 0 radical (unpaired) electrons. The molecule has 8 heteroatoms. The van der Waals surface area contributed by atoms with Gasteiger partial charge in [0.15, 0.2) is 5.65 Å². The summed E-state index contributed by atoms with van der Waals surface area (Å²) in [5, 5.41) is 12.1. The summed E-state index contributed by atoms with van der Waals surface area (Å²) >= 11 is 0. The lowest BCUT2D eigenvalue weighted by molar-refractivity contribution is -0.127. The average Bonchev–Trinajstić information content (AvgIpc) is 3.43. The van der Waals surface area contributed by atoms with Gasteiger partial charge in [-0.3, -0.25) is 9.59 Å². The second-order valence-corrected chi connectivity index (χ2v) is 9.17. The van der Waals surface area contributed by atoms with E-state index >= 15 is 0 Å². The quantitative estimate of drug-likeness (QED) is 0.582. The molecule has 2 fully saturated rings. The third kappa shape index (κ3) is 4.89. The number of aryl methyl sites for hydroxylation is 1. The fourth-order valence-electron chi connectivity index (χ4n) is 5.07. The fraction of sp³-hybridized carbons (Fsp3) is 0.667. The van der Waals surface area contributed by atoms with Crippen molar-refractivity contribution in [2.45, 2.75) is 77.8 Å². The molecule has 0 aromatic carbocycles. The Morgan fingerprint density at radius 2 is 2.03 bits per heavy atom. The van der Waals surface area contributed by atoms with Crippen molar-refractivity contribution in [3.05, 3.63) is 18.0 Å². The molecule has 3 heterocycles. The minimum atomic E-state index is -0.130. The first-order valence-corrected chi connectivity index (χ1v) is 12.3. The molecule has 0 unspecified atom stereocenters. The minimum absolute atomic E-state index is 0.130. The predicted molar refractivity (Wildman–Crippen MR) is 126 cm³/mol. The van der Waals surface area contributed by atoms with Gasteiger partial charge in [-0.05, 0) is 45.4 Å². The maximum absolute atomic E-state index is 13.1. The van der Waals surface area contributed by atoms with Gasteiger partial charge in [0.25, 0.3) is 5.91 Å². The number of hydrogen-bond acceptors (Lipinski definition) is 5. The zero-order chi connectivity index (χ0) is 22.5. The molecule has 1 saturated carbocycles. The number of pyridine rings is 1. The topological polar surface area (TPSA) is 92.2 Å². The van der Waals surface area contributed by atoms with Crippen molar-refractivity contribution in [3.63, 3.8) is 0 Å². The molecule has 8 nitrogen and oxygen atoms in total. The van der Waals surface area contributed by atoms with Crippen LogP contribution in [-0.2, 0) is 11.3 Å². The molecule has 174 valence electrons. The number of anilines is 1. The average molecular weight is 441 g/mol. The molecule has 1 aliphatic carbocycles. The van der Waals surface area contributed by atoms with Crippen molar-refractivity contribution in [2.75, 3.05) is 25.0 Å². The second kappa shape index (κ2) is 10.3. The monoisotopic (exact) mass is 440 g/mol. The number of nitrogens with one attached hydrogen (secondary N) is 2. The first-order chi connectivity index (χ1) is 15.6. The molecule has 0 bridgehead atoms. The fourth-order valence-corrected chi connectivity index (χ4v) is 5.07. The lowest BCUT2D eigenvalue weighted by Crippen LogP contribution is -2.32. The summed E-state index contributed by atoms with van der Waals surface area (Å²) in [6.45, 7) is 7.06. The highest BCUT2D eigenvalue weighted by molar-refractivity contribution is 6.06. The van der Waals surface area contributed by atoms with Crippen LogP contribution in [0.1, 0.15) is 75.6 Å². The number of hydrogen-bond donors (Lipinski definition) is 2. The molecule has 2 aliphatic rings. The van der Waals surface area contributed by atoms with Crippen molar-refractivity contribution in [1.82, 2.24) is 25.0 Å². The Kier molecular flexibility index (Phi) is 7.27. The van der Waals surface area contributed by atoms with Gasteiger partial charge in [0.1, 0.15) is 0 Å². The van der Waals surface area contributed by atoms with Gasteiger partial charge >= 0.3 is 0 Å². The summed E-state index contributed by atoms with van der Waals surface area (Å²) in [5.41, 5.74) is 2.20. The number of fused-ring (bicyclic) bond motifs is 1. The van der Waals surface area contributed by atoms with Gasteiger partial charge in [-0.25, -0.2) is 9.67 Å². The highest BCUT2D eigenvalue weighted by atomic mass is 16.2. The number of likely N-dealkylation sites (tertiary alicyclic amines) is 1. The van der Waals surface area contributed by atoms with E-state index in [0.29, 0.717) is 31.0 Å². The van der Waals surface area contributed by atoms with E-state index in [1.165, 1.54) is 32.1 Å². The van der Waals surface area contributed by atoms with E-state index in [-0.39, 0.29) is 17.9 Å². The van der Waals surface area contributed by atoms with Gasteiger partial charge in [-0.2, -0.15) is 5.10 Å². The van der Waals surface area contributed by atoms with E-state index in [2.05, 4.69) is 27.6 Å². The largest absolute Gasteiger partial charge is 0.381 e. The van der Waals surface area contributed by atoms with Crippen molar-refractivity contribution in [1.29, 1.82) is 0 Å². The van der Waals surface area contributed by atoms with Gasteiger partial charge in [-0.15, -0.1) is 0 Å². The number of rotatable bonds is 9. The third-order valence-electron chi connectivity index (χ3n) is 7.00. The first kappa shape index (κ1) is 22.6. The van der Waals surface area contributed by atoms with Gasteiger partial charge < -0.3 is 15.5 Å². The van der Waals surface area contributed by atoms with Crippen LogP contribution in [0.4, 0.5) is 5.69 Å². The van der Waals surface area contributed by atoms with Crippen LogP contribution in [0.2, 0.25) is 0 Å². The van der Waals surface area contributed by atoms with E-state index in [1.54, 1.807) is 6.20 Å². The van der Waals surface area contributed by atoms with Crippen LogP contribution in [0.25, 0.3) is 11.0 Å².